The Morgan fingerprint density at radius 1 is 1.18 bits per heavy atom. The predicted octanol–water partition coefficient (Wildman–Crippen LogP) is 5.90. The molecule has 1 aliphatic rings. The van der Waals surface area contributed by atoms with Crippen molar-refractivity contribution in [2.75, 3.05) is 19.6 Å². The highest BCUT2D eigenvalue weighted by molar-refractivity contribution is 5.90. The van der Waals surface area contributed by atoms with Crippen LogP contribution < -0.4 is 0 Å². The van der Waals surface area contributed by atoms with Crippen molar-refractivity contribution in [3.63, 3.8) is 0 Å². The molecule has 184 valence electrons. The fourth-order valence-corrected chi connectivity index (χ4v) is 4.24. The first-order valence-electron chi connectivity index (χ1n) is 11.6. The normalized spacial score (nSPS) is 15.4. The van der Waals surface area contributed by atoms with Gasteiger partial charge in [0.1, 0.15) is 5.52 Å². The molecule has 1 fully saturated rings. The summed E-state index contributed by atoms with van der Waals surface area (Å²) in [6.07, 6.45) is 0.517. The molecule has 0 unspecified atom stereocenters. The van der Waals surface area contributed by atoms with Gasteiger partial charge in [-0.2, -0.15) is 13.2 Å². The van der Waals surface area contributed by atoms with E-state index in [4.69, 9.17) is 19.9 Å². The van der Waals surface area contributed by atoms with Crippen LogP contribution in [0.3, 0.4) is 0 Å². The van der Waals surface area contributed by atoms with Crippen molar-refractivity contribution in [1.29, 1.82) is 0 Å². The number of aliphatic carboxylic acids is 1. The van der Waals surface area contributed by atoms with Crippen LogP contribution in [0.25, 0.3) is 22.3 Å². The molecule has 34 heavy (non-hydrogen) atoms. The number of carboxylic acid groups (broad SMARTS) is 1. The molecular weight excluding hydrogens is 445 g/mol. The van der Waals surface area contributed by atoms with Crippen molar-refractivity contribution in [3.05, 3.63) is 48.4 Å². The first kappa shape index (κ1) is 25.7. The zero-order valence-electron chi connectivity index (χ0n) is 19.7. The number of fused-ring (bicyclic) bond motifs is 1. The number of carboxylic acids is 1. The third-order valence-electron chi connectivity index (χ3n) is 5.97. The molecule has 9 heteroatoms. The summed E-state index contributed by atoms with van der Waals surface area (Å²) >= 11 is 0. The molecule has 0 radical (unpaired) electrons. The molecule has 4 rings (SSSR count). The lowest BCUT2D eigenvalue weighted by Crippen LogP contribution is -2.33. The fraction of sp³-hybridized carbons (Fsp3) is 0.480. The van der Waals surface area contributed by atoms with Crippen LogP contribution in [0.5, 0.6) is 0 Å². The molecule has 1 saturated heterocycles. The van der Waals surface area contributed by atoms with E-state index < -0.39 is 12.1 Å². The number of hydrogen-bond acceptors (Lipinski definition) is 4. The molecule has 0 saturated carbocycles. The Morgan fingerprint density at radius 3 is 2.32 bits per heavy atom. The molecule has 1 aliphatic heterocycles. The summed E-state index contributed by atoms with van der Waals surface area (Å²) in [7, 11) is 0. The summed E-state index contributed by atoms with van der Waals surface area (Å²) in [6, 6.07) is 13.2. The number of nitrogens with zero attached hydrogens (tertiary/aromatic N) is 4. The molecule has 0 spiro atoms. The van der Waals surface area contributed by atoms with E-state index in [1.54, 1.807) is 0 Å². The Balaban J connectivity index is 0.000000406. The number of rotatable bonds is 5. The zero-order valence-corrected chi connectivity index (χ0v) is 19.7. The summed E-state index contributed by atoms with van der Waals surface area (Å²) in [5, 5.41) is 7.12. The molecule has 0 bridgehead atoms. The average Bonchev–Trinajstić information content (AvgIpc) is 3.24. The van der Waals surface area contributed by atoms with Crippen LogP contribution in [0, 0.1) is 0 Å². The Bertz CT molecular complexity index is 1090. The predicted molar refractivity (Wildman–Crippen MR) is 126 cm³/mol. The number of piperidine rings is 1. The number of hydrogen-bond donors (Lipinski definition) is 1. The van der Waals surface area contributed by atoms with Crippen molar-refractivity contribution >= 4 is 17.0 Å². The molecular formula is C25H31F3N4O2. The van der Waals surface area contributed by atoms with Gasteiger partial charge in [-0.25, -0.2) is 9.78 Å². The molecule has 0 aliphatic carbocycles. The van der Waals surface area contributed by atoms with Gasteiger partial charge in [-0.05, 0) is 58.8 Å². The molecule has 0 amide bonds. The first-order chi connectivity index (χ1) is 16.1. The van der Waals surface area contributed by atoms with Crippen LogP contribution in [0.4, 0.5) is 13.2 Å². The van der Waals surface area contributed by atoms with Gasteiger partial charge >= 0.3 is 12.1 Å². The lowest BCUT2D eigenvalue weighted by Gasteiger charge is -2.31. The lowest BCUT2D eigenvalue weighted by molar-refractivity contribution is -0.192. The van der Waals surface area contributed by atoms with Gasteiger partial charge in [0.15, 0.2) is 0 Å². The average molecular weight is 477 g/mol. The van der Waals surface area contributed by atoms with E-state index in [0.717, 1.165) is 16.8 Å². The molecule has 3 heterocycles. The smallest absolute Gasteiger partial charge is 0.475 e. The monoisotopic (exact) mass is 476 g/mol. The first-order valence-corrected chi connectivity index (χ1v) is 11.6. The fourth-order valence-electron chi connectivity index (χ4n) is 4.24. The van der Waals surface area contributed by atoms with Crippen LogP contribution in [0.2, 0.25) is 0 Å². The second-order valence-corrected chi connectivity index (χ2v) is 8.79. The Kier molecular flexibility index (Phi) is 8.30. The van der Waals surface area contributed by atoms with E-state index >= 15 is 0 Å². The van der Waals surface area contributed by atoms with Gasteiger partial charge in [-0.3, -0.25) is 4.98 Å². The lowest BCUT2D eigenvalue weighted by atomic mass is 9.92. The van der Waals surface area contributed by atoms with Crippen LogP contribution >= 0.6 is 0 Å². The van der Waals surface area contributed by atoms with E-state index in [0.29, 0.717) is 12.0 Å². The molecule has 3 aromatic rings. The number of carbonyl (C=O) groups is 1. The standard InChI is InChI=1S/C23H30N4.C2HF3O2/c1-4-12-26-13-10-18(11-14-26)20-15-21-23(24-16-27(21)17(2)3)22(25-20)19-8-6-5-7-9-19;3-2(4,5)1(6)7/h5-9,15-18H,4,10-14H2,1-3H3;(H,6,7). The van der Waals surface area contributed by atoms with Gasteiger partial charge in [0.05, 0.1) is 17.5 Å². The van der Waals surface area contributed by atoms with Crippen molar-refractivity contribution in [2.24, 2.45) is 0 Å². The maximum absolute atomic E-state index is 10.6. The van der Waals surface area contributed by atoms with Gasteiger partial charge in [0.2, 0.25) is 0 Å². The second kappa shape index (κ2) is 11.0. The Labute approximate surface area is 197 Å². The topological polar surface area (TPSA) is 71.2 Å². The minimum absolute atomic E-state index is 0.389. The zero-order chi connectivity index (χ0) is 24.9. The van der Waals surface area contributed by atoms with Crippen LogP contribution in [-0.2, 0) is 4.79 Å². The number of pyridine rings is 1. The number of aromatic nitrogens is 3. The van der Waals surface area contributed by atoms with Crippen molar-refractivity contribution in [1.82, 2.24) is 19.4 Å². The second-order valence-electron chi connectivity index (χ2n) is 8.79. The van der Waals surface area contributed by atoms with Gasteiger partial charge in [-0.15, -0.1) is 0 Å². The summed E-state index contributed by atoms with van der Waals surface area (Å²) in [4.78, 5) is 21.4. The molecule has 1 aromatic carbocycles. The van der Waals surface area contributed by atoms with Crippen molar-refractivity contribution < 1.29 is 23.1 Å². The van der Waals surface area contributed by atoms with Crippen LogP contribution in [-0.4, -0.2) is 56.3 Å². The number of imidazole rings is 1. The van der Waals surface area contributed by atoms with Gasteiger partial charge < -0.3 is 14.6 Å². The number of halogens is 3. The number of alkyl halides is 3. The van der Waals surface area contributed by atoms with E-state index in [1.165, 1.54) is 50.1 Å². The molecule has 2 aromatic heterocycles. The van der Waals surface area contributed by atoms with E-state index in [1.807, 2.05) is 6.33 Å². The SMILES string of the molecule is CCCN1CCC(c2cc3c(ncn3C(C)C)c(-c3ccccc3)n2)CC1.O=C(O)C(F)(F)F. The summed E-state index contributed by atoms with van der Waals surface area (Å²) in [6.45, 7) is 10.3. The number of benzene rings is 1. The summed E-state index contributed by atoms with van der Waals surface area (Å²) in [5.74, 6) is -2.21. The third kappa shape index (κ3) is 6.14. The van der Waals surface area contributed by atoms with Gasteiger partial charge in [-0.1, -0.05) is 37.3 Å². The van der Waals surface area contributed by atoms with Crippen molar-refractivity contribution in [2.45, 2.75) is 58.2 Å². The minimum atomic E-state index is -5.08. The van der Waals surface area contributed by atoms with Crippen molar-refractivity contribution in [3.8, 4) is 11.3 Å². The summed E-state index contributed by atoms with van der Waals surface area (Å²) < 4.78 is 34.0. The van der Waals surface area contributed by atoms with Gasteiger partial charge in [0.25, 0.3) is 0 Å². The van der Waals surface area contributed by atoms with Crippen LogP contribution in [0.15, 0.2) is 42.7 Å². The molecule has 6 nitrogen and oxygen atoms in total. The maximum atomic E-state index is 10.6. The summed E-state index contributed by atoms with van der Waals surface area (Å²) in [5.41, 5.74) is 5.65. The largest absolute Gasteiger partial charge is 0.490 e. The highest BCUT2D eigenvalue weighted by Gasteiger charge is 2.38. The van der Waals surface area contributed by atoms with E-state index in [9.17, 15) is 13.2 Å². The Hall–Kier alpha value is -2.94. The molecule has 1 N–H and O–H groups in total. The third-order valence-corrected chi connectivity index (χ3v) is 5.97. The maximum Gasteiger partial charge on any atom is 0.490 e. The van der Waals surface area contributed by atoms with E-state index in [2.05, 4.69) is 66.6 Å². The molecule has 0 atom stereocenters. The van der Waals surface area contributed by atoms with Gasteiger partial charge in [0, 0.05) is 23.2 Å². The van der Waals surface area contributed by atoms with E-state index in [-0.39, 0.29) is 0 Å². The quantitative estimate of drug-likeness (QED) is 0.496. The highest BCUT2D eigenvalue weighted by atomic mass is 19.4. The number of likely N-dealkylation sites (tertiary alicyclic amines) is 1. The van der Waals surface area contributed by atoms with Crippen LogP contribution in [0.1, 0.15) is 57.7 Å². The minimum Gasteiger partial charge on any atom is -0.475 e. The highest BCUT2D eigenvalue weighted by Crippen LogP contribution is 2.34. The Morgan fingerprint density at radius 2 is 1.79 bits per heavy atom.